The predicted molar refractivity (Wildman–Crippen MR) is 255 cm³/mol. The van der Waals surface area contributed by atoms with Gasteiger partial charge in [0.1, 0.15) is 18.3 Å². The summed E-state index contributed by atoms with van der Waals surface area (Å²) in [5.41, 5.74) is 15.0. The number of para-hydroxylation sites is 1. The first-order chi connectivity index (χ1) is 28.9. The molecule has 0 fully saturated rings. The van der Waals surface area contributed by atoms with E-state index in [2.05, 4.69) is 203 Å². The van der Waals surface area contributed by atoms with E-state index in [1.54, 1.807) is 0 Å². The molecule has 0 saturated heterocycles. The summed E-state index contributed by atoms with van der Waals surface area (Å²) >= 11 is 0. The number of hydrogen-bond donors (Lipinski definition) is 0. The van der Waals surface area contributed by atoms with E-state index in [1.807, 2.05) is 6.20 Å². The maximum atomic E-state index is 6.68. The molecule has 62 heavy (non-hydrogen) atoms. The molecule has 0 N–H and O–H groups in total. The van der Waals surface area contributed by atoms with Crippen molar-refractivity contribution in [3.05, 3.63) is 148 Å². The third kappa shape index (κ3) is 7.13. The molecule has 0 radical (unpaired) electrons. The molecule has 0 saturated carbocycles. The maximum Gasteiger partial charge on any atom is 2.00 e. The Hall–Kier alpha value is -4.99. The van der Waals surface area contributed by atoms with Gasteiger partial charge in [0.2, 0.25) is 0 Å². The number of fused-ring (bicyclic) bond motifs is 5. The average molecular weight is 1000 g/mol. The second-order valence-electron chi connectivity index (χ2n) is 20.3. The van der Waals surface area contributed by atoms with Gasteiger partial charge in [0.05, 0.1) is 5.54 Å². The molecule has 6 heteroatoms. The van der Waals surface area contributed by atoms with E-state index in [4.69, 9.17) is 14.7 Å². The van der Waals surface area contributed by atoms with Crippen molar-refractivity contribution in [2.24, 2.45) is 22.7 Å². The van der Waals surface area contributed by atoms with E-state index in [9.17, 15) is 0 Å². The quantitative estimate of drug-likeness (QED) is 0.149. The molecule has 0 spiro atoms. The first kappa shape index (κ1) is 43.6. The van der Waals surface area contributed by atoms with Gasteiger partial charge in [-0.25, -0.2) is 4.98 Å². The van der Waals surface area contributed by atoms with Crippen LogP contribution in [0.5, 0.6) is 0 Å². The molecule has 0 bridgehead atoms. The summed E-state index contributed by atoms with van der Waals surface area (Å²) in [5.74, 6) is 2.83. The summed E-state index contributed by atoms with van der Waals surface area (Å²) in [6.07, 6.45) is 1.95. The standard InChI is InChI=1S/C56H60N4O.Pt/c1-33(2)52(34(3)4)56(13)32-61-53(58-56)39-26-38(51-36(6)17-16-18-37(51)7)27-41(28-39)59-47-20-15-14-19-44(47)55(11,12)45-30-43-42-25-35(5)21-22-46(42)60(48(43)31-49(45)59)50-29-40(23-24-57-50)54(8,9)10;/h14-27,29-30,33-34,52H,32H2,1-13H3;/q-2;+2/t56-;/m0./s1. The van der Waals surface area contributed by atoms with Crippen LogP contribution in [0.25, 0.3) is 38.8 Å². The fraction of sp³-hybridized carbons (Fsp3) is 0.357. The van der Waals surface area contributed by atoms with Crippen molar-refractivity contribution in [1.82, 2.24) is 9.55 Å². The summed E-state index contributed by atoms with van der Waals surface area (Å²) in [5, 5.41) is 2.37. The van der Waals surface area contributed by atoms with Crippen molar-refractivity contribution in [3.63, 3.8) is 0 Å². The molecule has 7 aromatic rings. The van der Waals surface area contributed by atoms with Crippen LogP contribution in [0.15, 0.2) is 102 Å². The van der Waals surface area contributed by atoms with E-state index < -0.39 is 0 Å². The van der Waals surface area contributed by atoms with E-state index in [-0.39, 0.29) is 37.4 Å². The van der Waals surface area contributed by atoms with Gasteiger partial charge in [0, 0.05) is 17.4 Å². The van der Waals surface area contributed by atoms with Gasteiger partial charge >= 0.3 is 21.1 Å². The average Bonchev–Trinajstić information content (AvgIpc) is 3.74. The molecule has 9 rings (SSSR count). The third-order valence-corrected chi connectivity index (χ3v) is 13.6. The summed E-state index contributed by atoms with van der Waals surface area (Å²) in [6.45, 7) is 30.1. The van der Waals surface area contributed by atoms with Gasteiger partial charge in [0.15, 0.2) is 0 Å². The van der Waals surface area contributed by atoms with Gasteiger partial charge < -0.3 is 14.2 Å². The number of rotatable bonds is 7. The molecule has 320 valence electrons. The number of ether oxygens (including phenoxy) is 1. The number of aryl methyl sites for hydroxylation is 3. The van der Waals surface area contributed by atoms with Gasteiger partial charge in [-0.15, -0.1) is 35.2 Å². The molecule has 0 amide bonds. The topological polar surface area (TPSA) is 42.7 Å². The van der Waals surface area contributed by atoms with Crippen LogP contribution in [0, 0.1) is 50.7 Å². The Kier molecular flexibility index (Phi) is 11.0. The molecule has 0 unspecified atom stereocenters. The smallest absolute Gasteiger partial charge is 0.518 e. The van der Waals surface area contributed by atoms with Crippen molar-refractivity contribution in [2.75, 3.05) is 11.5 Å². The molecule has 4 heterocycles. The van der Waals surface area contributed by atoms with E-state index in [0.29, 0.717) is 30.3 Å². The SMILES string of the molecule is Cc1ccc2c(c1)c1cc3c([c-]c1n2-c1cc(C(C)(C)C)ccn1)N(c1[c-]c(C2=N[C@](C)(C(C(C)C)C(C)C)CO2)cc(-c2c(C)cccc2C)c1)c1ccccc1C3(C)C.[Pt+2]. The van der Waals surface area contributed by atoms with Crippen molar-refractivity contribution in [3.8, 4) is 16.9 Å². The van der Waals surface area contributed by atoms with Crippen LogP contribution in [-0.4, -0.2) is 27.6 Å². The second-order valence-corrected chi connectivity index (χ2v) is 20.3. The maximum absolute atomic E-state index is 6.68. The molecule has 2 aliphatic rings. The minimum Gasteiger partial charge on any atom is -0.518 e. The zero-order valence-electron chi connectivity index (χ0n) is 38.7. The first-order valence-electron chi connectivity index (χ1n) is 22.1. The Balaban J connectivity index is 0.00000529. The Morgan fingerprint density at radius 2 is 1.47 bits per heavy atom. The molecule has 5 nitrogen and oxygen atoms in total. The van der Waals surface area contributed by atoms with Gasteiger partial charge in [-0.1, -0.05) is 139 Å². The van der Waals surface area contributed by atoms with Crippen LogP contribution in [-0.2, 0) is 36.6 Å². The predicted octanol–water partition coefficient (Wildman–Crippen LogP) is 14.2. The molecule has 1 atom stereocenters. The van der Waals surface area contributed by atoms with Crippen LogP contribution in [0.2, 0.25) is 0 Å². The fourth-order valence-corrected chi connectivity index (χ4v) is 10.9. The number of benzene rings is 5. The largest absolute Gasteiger partial charge is 2.00 e. The minimum atomic E-state index is -0.349. The van der Waals surface area contributed by atoms with Crippen LogP contribution < -0.4 is 4.90 Å². The van der Waals surface area contributed by atoms with Gasteiger partial charge in [-0.05, 0) is 119 Å². The van der Waals surface area contributed by atoms with Crippen LogP contribution in [0.3, 0.4) is 0 Å². The molecule has 5 aromatic carbocycles. The number of nitrogens with zero attached hydrogens (tertiary/aromatic N) is 4. The van der Waals surface area contributed by atoms with Crippen LogP contribution in [0.1, 0.15) is 108 Å². The number of hydrogen-bond acceptors (Lipinski definition) is 4. The zero-order chi connectivity index (χ0) is 43.3. The van der Waals surface area contributed by atoms with Gasteiger partial charge in [0.25, 0.3) is 0 Å². The summed E-state index contributed by atoms with van der Waals surface area (Å²) < 4.78 is 9.00. The zero-order valence-corrected chi connectivity index (χ0v) is 41.0. The van der Waals surface area contributed by atoms with Crippen molar-refractivity contribution < 1.29 is 25.8 Å². The van der Waals surface area contributed by atoms with E-state index in [0.717, 1.165) is 45.0 Å². The Labute approximate surface area is 383 Å². The third-order valence-electron chi connectivity index (χ3n) is 13.6. The summed E-state index contributed by atoms with van der Waals surface area (Å²) in [7, 11) is 0. The minimum absolute atomic E-state index is 0. The van der Waals surface area contributed by atoms with Crippen molar-refractivity contribution in [1.29, 1.82) is 0 Å². The molecule has 2 aromatic heterocycles. The molecular formula is C56H60N4OPt. The van der Waals surface area contributed by atoms with Crippen LogP contribution >= 0.6 is 0 Å². The Morgan fingerprint density at radius 1 is 0.758 bits per heavy atom. The number of aromatic nitrogens is 2. The van der Waals surface area contributed by atoms with E-state index >= 15 is 0 Å². The van der Waals surface area contributed by atoms with Crippen molar-refractivity contribution >= 4 is 44.8 Å². The number of aliphatic imine (C=N–C) groups is 1. The second kappa shape index (κ2) is 15.7. The first-order valence-corrected chi connectivity index (χ1v) is 22.1. The Bertz CT molecular complexity index is 2880. The van der Waals surface area contributed by atoms with E-state index in [1.165, 1.54) is 49.7 Å². The monoisotopic (exact) mass is 999 g/mol. The molecular weight excluding hydrogens is 940 g/mol. The van der Waals surface area contributed by atoms with Crippen molar-refractivity contribution in [2.45, 2.75) is 106 Å². The molecule has 2 aliphatic heterocycles. The fourth-order valence-electron chi connectivity index (χ4n) is 10.9. The van der Waals surface area contributed by atoms with Gasteiger partial charge in [-0.3, -0.25) is 4.99 Å². The Morgan fingerprint density at radius 3 is 2.16 bits per heavy atom. The number of anilines is 3. The summed E-state index contributed by atoms with van der Waals surface area (Å²) in [6, 6.07) is 41.6. The molecule has 0 aliphatic carbocycles. The summed E-state index contributed by atoms with van der Waals surface area (Å²) in [4.78, 5) is 12.9. The normalized spacial score (nSPS) is 17.1. The van der Waals surface area contributed by atoms with Gasteiger partial charge in [-0.2, -0.15) is 6.07 Å². The van der Waals surface area contributed by atoms with Crippen LogP contribution in [0.4, 0.5) is 17.1 Å². The number of pyridine rings is 1.